The van der Waals surface area contributed by atoms with E-state index in [1.807, 2.05) is 30.3 Å². The third kappa shape index (κ3) is 8.78. The standard InChI is InChI=1S/C33H33N7O7/c1-2-46-27-15-24(14-26(16-27)40(44)45)28-18-36-31(37-25-12-13-25)32(42)39(28)19-29(41)35-17-21-8-10-23(11-9-21)30(34)38-33(43)47-20-22-6-4-3-5-7-22/h3-11,14-16,18,25H,2,12-13,17,19-20H2,1H3,(H,35,41)(H,36,37)(H2,34,38,43). The van der Waals surface area contributed by atoms with E-state index in [4.69, 9.17) is 15.2 Å². The smallest absolute Gasteiger partial charge is 0.435 e. The Labute approximate surface area is 269 Å². The lowest BCUT2D eigenvalue weighted by Crippen LogP contribution is -2.34. The predicted octanol–water partition coefficient (Wildman–Crippen LogP) is 4.15. The Balaban J connectivity index is 1.27. The number of benzene rings is 3. The second-order valence-electron chi connectivity index (χ2n) is 10.7. The summed E-state index contributed by atoms with van der Waals surface area (Å²) >= 11 is 0. The molecule has 1 aliphatic rings. The van der Waals surface area contributed by atoms with Crippen molar-refractivity contribution < 1.29 is 24.0 Å². The Kier molecular flexibility index (Phi) is 10.2. The zero-order valence-corrected chi connectivity index (χ0v) is 25.5. The zero-order chi connectivity index (χ0) is 33.3. The maximum Gasteiger partial charge on any atom is 0.435 e. The first-order valence-electron chi connectivity index (χ1n) is 14.9. The van der Waals surface area contributed by atoms with Gasteiger partial charge in [-0.05, 0) is 37.0 Å². The Bertz CT molecular complexity index is 1850. The number of anilines is 1. The van der Waals surface area contributed by atoms with Crippen LogP contribution in [0, 0.1) is 10.1 Å². The van der Waals surface area contributed by atoms with Crippen molar-refractivity contribution in [2.45, 2.75) is 45.5 Å². The molecule has 4 aromatic rings. The third-order valence-electron chi connectivity index (χ3n) is 7.14. The Morgan fingerprint density at radius 2 is 1.83 bits per heavy atom. The summed E-state index contributed by atoms with van der Waals surface area (Å²) in [4.78, 5) is 57.8. The van der Waals surface area contributed by atoms with Crippen LogP contribution < -0.4 is 26.7 Å². The highest BCUT2D eigenvalue weighted by Crippen LogP contribution is 2.30. The van der Waals surface area contributed by atoms with Gasteiger partial charge in [-0.25, -0.2) is 9.78 Å². The van der Waals surface area contributed by atoms with E-state index in [9.17, 15) is 24.5 Å². The van der Waals surface area contributed by atoms with Gasteiger partial charge in [-0.1, -0.05) is 54.6 Å². The number of aliphatic imine (C=N–C) groups is 1. The van der Waals surface area contributed by atoms with Gasteiger partial charge in [-0.2, -0.15) is 4.99 Å². The first-order valence-corrected chi connectivity index (χ1v) is 14.9. The third-order valence-corrected chi connectivity index (χ3v) is 7.14. The molecule has 47 heavy (non-hydrogen) atoms. The number of nitrogens with one attached hydrogen (secondary N) is 2. The zero-order valence-electron chi connectivity index (χ0n) is 25.5. The molecule has 0 radical (unpaired) electrons. The highest BCUT2D eigenvalue weighted by Gasteiger charge is 2.25. The van der Waals surface area contributed by atoms with Crippen LogP contribution in [0.3, 0.4) is 0 Å². The number of nitrogens with two attached hydrogens (primary N) is 1. The molecular weight excluding hydrogens is 606 g/mol. The van der Waals surface area contributed by atoms with Crippen LogP contribution in [-0.2, 0) is 29.2 Å². The van der Waals surface area contributed by atoms with Crippen LogP contribution in [0.2, 0.25) is 0 Å². The molecule has 1 aromatic heterocycles. The molecule has 0 bridgehead atoms. The summed E-state index contributed by atoms with van der Waals surface area (Å²) in [6.45, 7) is 1.85. The largest absolute Gasteiger partial charge is 0.494 e. The van der Waals surface area contributed by atoms with Crippen molar-refractivity contribution in [1.29, 1.82) is 0 Å². The summed E-state index contributed by atoms with van der Waals surface area (Å²) in [6, 6.07) is 20.2. The lowest BCUT2D eigenvalue weighted by atomic mass is 10.1. The van der Waals surface area contributed by atoms with Gasteiger partial charge in [0.15, 0.2) is 5.82 Å². The molecule has 0 aliphatic heterocycles. The van der Waals surface area contributed by atoms with E-state index in [2.05, 4.69) is 20.6 Å². The Morgan fingerprint density at radius 1 is 1.09 bits per heavy atom. The average molecular weight is 640 g/mol. The van der Waals surface area contributed by atoms with Crippen LogP contribution in [0.15, 0.2) is 88.8 Å². The summed E-state index contributed by atoms with van der Waals surface area (Å²) in [7, 11) is 0. The van der Waals surface area contributed by atoms with Gasteiger partial charge < -0.3 is 25.8 Å². The monoisotopic (exact) mass is 639 g/mol. The summed E-state index contributed by atoms with van der Waals surface area (Å²) in [5.41, 5.74) is 7.78. The van der Waals surface area contributed by atoms with Gasteiger partial charge in [0.1, 0.15) is 24.7 Å². The van der Waals surface area contributed by atoms with Gasteiger partial charge >= 0.3 is 6.09 Å². The highest BCUT2D eigenvalue weighted by molar-refractivity contribution is 6.02. The number of aromatic nitrogens is 2. The van der Waals surface area contributed by atoms with E-state index in [0.29, 0.717) is 11.1 Å². The van der Waals surface area contributed by atoms with Crippen molar-refractivity contribution in [3.8, 4) is 17.0 Å². The van der Waals surface area contributed by atoms with E-state index in [0.717, 1.165) is 24.0 Å². The minimum Gasteiger partial charge on any atom is -0.494 e. The van der Waals surface area contributed by atoms with Gasteiger partial charge in [0.2, 0.25) is 5.91 Å². The van der Waals surface area contributed by atoms with Gasteiger partial charge in [0.05, 0.1) is 29.5 Å². The van der Waals surface area contributed by atoms with Gasteiger partial charge in [0, 0.05) is 29.8 Å². The topological polar surface area (TPSA) is 193 Å². The predicted molar refractivity (Wildman–Crippen MR) is 174 cm³/mol. The number of non-ortho nitro benzene ring substituents is 1. The fraction of sp³-hybridized carbons (Fsp3) is 0.242. The summed E-state index contributed by atoms with van der Waals surface area (Å²) < 4.78 is 11.9. The maximum absolute atomic E-state index is 13.5. The van der Waals surface area contributed by atoms with Crippen LogP contribution in [0.25, 0.3) is 11.3 Å². The fourth-order valence-corrected chi connectivity index (χ4v) is 4.59. The first-order chi connectivity index (χ1) is 22.7. The number of carbonyl (C=O) groups excluding carboxylic acids is 2. The molecule has 1 saturated carbocycles. The molecule has 14 nitrogen and oxygen atoms in total. The fourth-order valence-electron chi connectivity index (χ4n) is 4.59. The van der Waals surface area contributed by atoms with E-state index in [1.54, 1.807) is 37.3 Å². The number of hydrogen-bond donors (Lipinski definition) is 3. The molecule has 1 fully saturated rings. The SMILES string of the molecule is CCOc1cc(-c2cnc(NC3CC3)c(=O)n2CC(=O)NCc2ccc(/C(N)=N\C(=O)OCc3ccccc3)cc2)cc([N+](=O)[O-])c1. The molecule has 0 atom stereocenters. The molecule has 242 valence electrons. The van der Waals surface area contributed by atoms with Gasteiger partial charge in [-0.15, -0.1) is 0 Å². The van der Waals surface area contributed by atoms with Gasteiger partial charge in [-0.3, -0.25) is 24.3 Å². The number of nitro groups is 1. The van der Waals surface area contributed by atoms with Crippen LogP contribution in [0.4, 0.5) is 16.3 Å². The van der Waals surface area contributed by atoms with Crippen LogP contribution >= 0.6 is 0 Å². The lowest BCUT2D eigenvalue weighted by molar-refractivity contribution is -0.384. The molecule has 1 heterocycles. The molecule has 0 spiro atoms. The Morgan fingerprint density at radius 3 is 2.51 bits per heavy atom. The number of nitrogens with zero attached hydrogens (tertiary/aromatic N) is 4. The number of amidine groups is 1. The molecule has 0 saturated heterocycles. The van der Waals surface area contributed by atoms with E-state index in [-0.39, 0.29) is 61.1 Å². The molecule has 3 aromatic carbocycles. The Hall–Kier alpha value is -6.05. The number of rotatable bonds is 13. The second kappa shape index (κ2) is 14.8. The van der Waals surface area contributed by atoms with E-state index < -0.39 is 22.5 Å². The van der Waals surface area contributed by atoms with Crippen LogP contribution in [0.5, 0.6) is 5.75 Å². The lowest BCUT2D eigenvalue weighted by Gasteiger charge is -2.16. The normalized spacial score (nSPS) is 12.7. The molecule has 5 rings (SSSR count). The molecule has 0 unspecified atom stereocenters. The molecular formula is C33H33N7O7. The van der Waals surface area contributed by atoms with Crippen molar-refractivity contribution in [3.63, 3.8) is 0 Å². The first kappa shape index (κ1) is 32.3. The minimum absolute atomic E-state index is 0.0208. The van der Waals surface area contributed by atoms with Crippen LogP contribution in [0.1, 0.15) is 36.5 Å². The number of ether oxygens (including phenoxy) is 2. The van der Waals surface area contributed by atoms with Gasteiger partial charge in [0.25, 0.3) is 11.2 Å². The van der Waals surface area contributed by atoms with Crippen molar-refractivity contribution >= 4 is 29.3 Å². The van der Waals surface area contributed by atoms with E-state index in [1.165, 1.54) is 22.9 Å². The number of carbonyl (C=O) groups is 2. The number of hydrogen-bond acceptors (Lipinski definition) is 9. The summed E-state index contributed by atoms with van der Waals surface area (Å²) in [6.07, 6.45) is 2.40. The van der Waals surface area contributed by atoms with E-state index >= 15 is 0 Å². The quantitative estimate of drug-likeness (QED) is 0.0828. The summed E-state index contributed by atoms with van der Waals surface area (Å²) in [5, 5.41) is 17.5. The molecule has 2 amide bonds. The van der Waals surface area contributed by atoms with Crippen LogP contribution in [-0.4, -0.2) is 45.0 Å². The minimum atomic E-state index is -0.817. The van der Waals surface area contributed by atoms with Crippen molar-refractivity contribution in [2.24, 2.45) is 10.7 Å². The number of amides is 2. The molecule has 14 heteroatoms. The molecule has 4 N–H and O–H groups in total. The summed E-state index contributed by atoms with van der Waals surface area (Å²) in [5.74, 6) is -0.150. The second-order valence-corrected chi connectivity index (χ2v) is 10.7. The molecule has 1 aliphatic carbocycles. The van der Waals surface area contributed by atoms with Crippen molar-refractivity contribution in [1.82, 2.24) is 14.9 Å². The highest BCUT2D eigenvalue weighted by atomic mass is 16.6. The van der Waals surface area contributed by atoms with Crippen molar-refractivity contribution in [3.05, 3.63) is 116 Å². The maximum atomic E-state index is 13.5. The number of nitro benzene ring substituents is 1. The average Bonchev–Trinajstić information content (AvgIpc) is 3.89. The van der Waals surface area contributed by atoms with Crippen molar-refractivity contribution in [2.75, 3.05) is 11.9 Å².